The maximum absolute atomic E-state index is 5.03. The van der Waals surface area contributed by atoms with E-state index in [1.807, 2.05) is 12.3 Å². The molecular formula is C36H26N2. The van der Waals surface area contributed by atoms with E-state index in [1.165, 1.54) is 43.8 Å². The zero-order valence-electron chi connectivity index (χ0n) is 21.4. The van der Waals surface area contributed by atoms with Crippen molar-refractivity contribution < 1.29 is 0 Å². The van der Waals surface area contributed by atoms with Gasteiger partial charge in [0, 0.05) is 22.5 Å². The monoisotopic (exact) mass is 486 g/mol. The average Bonchev–Trinajstić information content (AvgIpc) is 2.99. The summed E-state index contributed by atoms with van der Waals surface area (Å²) < 4.78 is 0. The van der Waals surface area contributed by atoms with E-state index in [1.54, 1.807) is 0 Å². The van der Waals surface area contributed by atoms with Crippen molar-refractivity contribution in [2.75, 3.05) is 0 Å². The van der Waals surface area contributed by atoms with Crippen molar-refractivity contribution in [3.8, 4) is 22.4 Å². The minimum Gasteiger partial charge on any atom is -0.254 e. The molecule has 2 heterocycles. The highest BCUT2D eigenvalue weighted by molar-refractivity contribution is 6.03. The molecule has 0 radical (unpaired) electrons. The fraction of sp³-hybridized carbons (Fsp3) is 0.0556. The first-order valence-electron chi connectivity index (χ1n) is 13.0. The number of hydrogen-bond acceptors (Lipinski definition) is 2. The van der Waals surface area contributed by atoms with Gasteiger partial charge in [0.15, 0.2) is 0 Å². The maximum atomic E-state index is 5.03. The van der Waals surface area contributed by atoms with Gasteiger partial charge in [0.1, 0.15) is 0 Å². The van der Waals surface area contributed by atoms with Crippen LogP contribution in [-0.4, -0.2) is 9.97 Å². The Kier molecular flexibility index (Phi) is 5.26. The summed E-state index contributed by atoms with van der Waals surface area (Å²) in [7, 11) is 0. The van der Waals surface area contributed by atoms with E-state index < -0.39 is 0 Å². The molecule has 7 rings (SSSR count). The summed E-state index contributed by atoms with van der Waals surface area (Å²) in [5.74, 6) is 0. The van der Waals surface area contributed by atoms with Gasteiger partial charge >= 0.3 is 0 Å². The topological polar surface area (TPSA) is 25.8 Å². The maximum Gasteiger partial charge on any atom is 0.0972 e. The van der Waals surface area contributed by atoms with E-state index in [0.29, 0.717) is 0 Å². The Morgan fingerprint density at radius 2 is 1.16 bits per heavy atom. The highest BCUT2D eigenvalue weighted by atomic mass is 14.7. The van der Waals surface area contributed by atoms with E-state index in [4.69, 9.17) is 4.98 Å². The molecule has 0 spiro atoms. The first kappa shape index (κ1) is 22.4. The van der Waals surface area contributed by atoms with Crippen LogP contribution in [0.1, 0.15) is 19.4 Å². The minimum atomic E-state index is 0.945. The van der Waals surface area contributed by atoms with Crippen LogP contribution in [0.5, 0.6) is 0 Å². The Bertz CT molecular complexity index is 2050. The van der Waals surface area contributed by atoms with Gasteiger partial charge in [-0.05, 0) is 94.1 Å². The van der Waals surface area contributed by atoms with Crippen molar-refractivity contribution in [2.45, 2.75) is 13.8 Å². The molecular weight excluding hydrogens is 460 g/mol. The van der Waals surface area contributed by atoms with Crippen molar-refractivity contribution in [3.05, 3.63) is 127 Å². The van der Waals surface area contributed by atoms with Crippen molar-refractivity contribution >= 4 is 48.9 Å². The molecule has 2 aromatic heterocycles. The second kappa shape index (κ2) is 8.93. The van der Waals surface area contributed by atoms with E-state index in [2.05, 4.69) is 128 Å². The molecule has 180 valence electrons. The molecule has 0 aliphatic heterocycles. The molecule has 0 amide bonds. The van der Waals surface area contributed by atoms with Gasteiger partial charge in [0.25, 0.3) is 0 Å². The molecule has 0 saturated heterocycles. The molecule has 2 heteroatoms. The van der Waals surface area contributed by atoms with Crippen LogP contribution < -0.4 is 0 Å². The number of hydrogen-bond donors (Lipinski definition) is 0. The van der Waals surface area contributed by atoms with E-state index in [9.17, 15) is 0 Å². The van der Waals surface area contributed by atoms with Gasteiger partial charge in [-0.15, -0.1) is 0 Å². The summed E-state index contributed by atoms with van der Waals surface area (Å²) in [5.41, 5.74) is 8.98. The fourth-order valence-corrected chi connectivity index (χ4v) is 5.31. The summed E-state index contributed by atoms with van der Waals surface area (Å²) in [6, 6.07) is 39.3. The lowest BCUT2D eigenvalue weighted by Crippen LogP contribution is -1.89. The Morgan fingerprint density at radius 3 is 1.95 bits per heavy atom. The fourth-order valence-electron chi connectivity index (χ4n) is 5.31. The lowest BCUT2D eigenvalue weighted by Gasteiger charge is -2.10. The molecule has 38 heavy (non-hydrogen) atoms. The second-order valence-corrected chi connectivity index (χ2v) is 9.93. The second-order valence-electron chi connectivity index (χ2n) is 9.93. The third kappa shape index (κ3) is 3.82. The molecule has 0 unspecified atom stereocenters. The van der Waals surface area contributed by atoms with Crippen LogP contribution in [0.3, 0.4) is 0 Å². The summed E-state index contributed by atoms with van der Waals surface area (Å²) in [6.45, 7) is 4.25. The van der Waals surface area contributed by atoms with Crippen LogP contribution >= 0.6 is 0 Å². The van der Waals surface area contributed by atoms with Crippen LogP contribution in [0.4, 0.5) is 0 Å². The van der Waals surface area contributed by atoms with Crippen LogP contribution in [-0.2, 0) is 0 Å². The number of pyridine rings is 2. The van der Waals surface area contributed by atoms with Crippen LogP contribution in [0.2, 0.25) is 0 Å². The lowest BCUT2D eigenvalue weighted by atomic mass is 9.96. The van der Waals surface area contributed by atoms with E-state index in [0.717, 1.165) is 33.1 Å². The Labute approximate surface area is 221 Å². The van der Waals surface area contributed by atoms with Crippen LogP contribution in [0, 0.1) is 0 Å². The highest BCUT2D eigenvalue weighted by Crippen LogP contribution is 2.32. The van der Waals surface area contributed by atoms with Crippen molar-refractivity contribution in [3.63, 3.8) is 0 Å². The first-order chi connectivity index (χ1) is 18.7. The van der Waals surface area contributed by atoms with Gasteiger partial charge in [-0.1, -0.05) is 78.9 Å². The SMILES string of the molecule is C/C=C(\C)c1ccc2ccc(-c3ccc4cc(-c5ccc6ccc7cccnc7c6n5)ccc4c3)cc2c1. The third-order valence-electron chi connectivity index (χ3n) is 7.63. The molecule has 0 aliphatic carbocycles. The smallest absolute Gasteiger partial charge is 0.0972 e. The largest absolute Gasteiger partial charge is 0.254 e. The number of aromatic nitrogens is 2. The van der Waals surface area contributed by atoms with Gasteiger partial charge in [0.2, 0.25) is 0 Å². The number of allylic oxidation sites excluding steroid dienone is 2. The Balaban J connectivity index is 1.28. The summed E-state index contributed by atoms with van der Waals surface area (Å²) in [4.78, 5) is 9.64. The zero-order valence-corrected chi connectivity index (χ0v) is 21.4. The quantitative estimate of drug-likeness (QED) is 0.232. The summed E-state index contributed by atoms with van der Waals surface area (Å²) in [6.07, 6.45) is 4.00. The third-order valence-corrected chi connectivity index (χ3v) is 7.63. The minimum absolute atomic E-state index is 0.945. The number of nitrogens with zero attached hydrogens (tertiary/aromatic N) is 2. The molecule has 2 nitrogen and oxygen atoms in total. The predicted molar refractivity (Wildman–Crippen MR) is 162 cm³/mol. The standard InChI is InChI=1S/C36H26N2/c1-3-23(2)27-10-6-24-7-11-31(22-33(24)19-27)28-12-13-30-21-32(15-14-29(30)20-28)34-17-16-26-9-8-25-5-4-18-37-35(25)36(26)38-34/h3-22H,1-2H3/b23-3+. The molecule has 0 aliphatic rings. The average molecular weight is 487 g/mol. The molecule has 0 bridgehead atoms. The van der Waals surface area contributed by atoms with Gasteiger partial charge in [0.05, 0.1) is 16.7 Å². The van der Waals surface area contributed by atoms with Crippen LogP contribution in [0.15, 0.2) is 121 Å². The molecule has 0 fully saturated rings. The van der Waals surface area contributed by atoms with Gasteiger partial charge in [-0.3, -0.25) is 4.98 Å². The molecule has 5 aromatic carbocycles. The zero-order chi connectivity index (χ0) is 25.6. The predicted octanol–water partition coefficient (Wildman–Crippen LogP) is 9.85. The van der Waals surface area contributed by atoms with E-state index in [-0.39, 0.29) is 0 Å². The lowest BCUT2D eigenvalue weighted by molar-refractivity contribution is 1.37. The summed E-state index contributed by atoms with van der Waals surface area (Å²) >= 11 is 0. The van der Waals surface area contributed by atoms with Gasteiger partial charge < -0.3 is 0 Å². The van der Waals surface area contributed by atoms with Gasteiger partial charge in [-0.25, -0.2) is 4.98 Å². The normalized spacial score (nSPS) is 12.1. The van der Waals surface area contributed by atoms with Crippen molar-refractivity contribution in [1.82, 2.24) is 9.97 Å². The van der Waals surface area contributed by atoms with Crippen molar-refractivity contribution in [1.29, 1.82) is 0 Å². The highest BCUT2D eigenvalue weighted by Gasteiger charge is 2.08. The number of benzene rings is 5. The first-order valence-corrected chi connectivity index (χ1v) is 13.0. The van der Waals surface area contributed by atoms with Crippen LogP contribution in [0.25, 0.3) is 71.3 Å². The molecule has 0 N–H and O–H groups in total. The van der Waals surface area contributed by atoms with Crippen molar-refractivity contribution in [2.24, 2.45) is 0 Å². The van der Waals surface area contributed by atoms with E-state index >= 15 is 0 Å². The summed E-state index contributed by atoms with van der Waals surface area (Å²) in [5, 5.41) is 7.17. The molecule has 0 saturated carbocycles. The Morgan fingerprint density at radius 1 is 0.553 bits per heavy atom. The Hall–Kier alpha value is -4.82. The van der Waals surface area contributed by atoms with Gasteiger partial charge in [-0.2, -0.15) is 0 Å². The number of fused-ring (bicyclic) bond motifs is 5. The number of rotatable bonds is 3. The molecule has 0 atom stereocenters. The molecule has 7 aromatic rings.